The summed E-state index contributed by atoms with van der Waals surface area (Å²) in [7, 11) is 3.54. The first-order chi connectivity index (χ1) is 10.9. The smallest absolute Gasteiger partial charge is 0.275 e. The average Bonchev–Trinajstić information content (AvgIpc) is 3.03. The summed E-state index contributed by atoms with van der Waals surface area (Å²) < 4.78 is 14.9. The minimum absolute atomic E-state index is 0.135. The molecule has 7 heteroatoms. The third kappa shape index (κ3) is 3.25. The Hall–Kier alpha value is -2.25. The molecule has 0 spiro atoms. The van der Waals surface area contributed by atoms with Crippen molar-refractivity contribution in [2.24, 2.45) is 0 Å². The quantitative estimate of drug-likeness (QED) is 0.748. The number of carbonyl (C=O) groups is 1. The zero-order valence-corrected chi connectivity index (χ0v) is 13.9. The second-order valence-electron chi connectivity index (χ2n) is 5.53. The first-order valence-electron chi connectivity index (χ1n) is 7.14. The fourth-order valence-electron chi connectivity index (χ4n) is 2.35. The van der Waals surface area contributed by atoms with Crippen LogP contribution in [-0.2, 0) is 6.54 Å². The van der Waals surface area contributed by atoms with E-state index in [2.05, 4.69) is 10.5 Å². The second-order valence-corrected chi connectivity index (χ2v) is 6.57. The number of aromatic nitrogens is 2. The van der Waals surface area contributed by atoms with Gasteiger partial charge in [0.1, 0.15) is 10.6 Å². The SMILES string of the molecule is Cc1nn(Cc2ccc(F)cc2)c2sc(C(=O)NN(C)C)cc12. The topological polar surface area (TPSA) is 50.2 Å². The van der Waals surface area contributed by atoms with Crippen LogP contribution in [0.4, 0.5) is 4.39 Å². The Morgan fingerprint density at radius 1 is 1.35 bits per heavy atom. The summed E-state index contributed by atoms with van der Waals surface area (Å²) in [6.07, 6.45) is 0. The van der Waals surface area contributed by atoms with Crippen LogP contribution in [-0.4, -0.2) is 34.8 Å². The van der Waals surface area contributed by atoms with Crippen LogP contribution < -0.4 is 5.43 Å². The number of carbonyl (C=O) groups excluding carboxylic acids is 1. The first-order valence-corrected chi connectivity index (χ1v) is 7.95. The third-order valence-corrected chi connectivity index (χ3v) is 4.55. The van der Waals surface area contributed by atoms with Crippen molar-refractivity contribution in [3.63, 3.8) is 0 Å². The maximum Gasteiger partial charge on any atom is 0.275 e. The number of nitrogens with one attached hydrogen (secondary N) is 1. The van der Waals surface area contributed by atoms with Crippen LogP contribution >= 0.6 is 11.3 Å². The Morgan fingerprint density at radius 3 is 2.70 bits per heavy atom. The van der Waals surface area contributed by atoms with Crippen molar-refractivity contribution in [2.45, 2.75) is 13.5 Å². The van der Waals surface area contributed by atoms with E-state index in [4.69, 9.17) is 0 Å². The largest absolute Gasteiger partial charge is 0.285 e. The summed E-state index contributed by atoms with van der Waals surface area (Å²) in [5, 5.41) is 7.11. The summed E-state index contributed by atoms with van der Waals surface area (Å²) in [4.78, 5) is 13.7. The molecule has 0 aliphatic heterocycles. The Labute approximate surface area is 137 Å². The van der Waals surface area contributed by atoms with Crippen molar-refractivity contribution in [1.29, 1.82) is 0 Å². The molecule has 3 aromatic rings. The molecule has 0 aliphatic rings. The zero-order chi connectivity index (χ0) is 16.6. The van der Waals surface area contributed by atoms with Gasteiger partial charge >= 0.3 is 0 Å². The highest BCUT2D eigenvalue weighted by atomic mass is 32.1. The molecule has 1 aromatic carbocycles. The minimum atomic E-state index is -0.255. The van der Waals surface area contributed by atoms with E-state index in [-0.39, 0.29) is 11.7 Å². The average molecular weight is 332 g/mol. The van der Waals surface area contributed by atoms with Crippen LogP contribution in [0.5, 0.6) is 0 Å². The summed E-state index contributed by atoms with van der Waals surface area (Å²) in [6, 6.07) is 8.22. The molecule has 1 N–H and O–H groups in total. The predicted octanol–water partition coefficient (Wildman–Crippen LogP) is 2.80. The fraction of sp³-hybridized carbons (Fsp3) is 0.250. The third-order valence-electron chi connectivity index (χ3n) is 3.40. The van der Waals surface area contributed by atoms with Gasteiger partial charge in [0, 0.05) is 19.5 Å². The highest BCUT2D eigenvalue weighted by Gasteiger charge is 2.16. The van der Waals surface area contributed by atoms with E-state index in [0.717, 1.165) is 21.5 Å². The maximum absolute atomic E-state index is 13.0. The summed E-state index contributed by atoms with van der Waals surface area (Å²) >= 11 is 1.40. The molecule has 0 bridgehead atoms. The van der Waals surface area contributed by atoms with Gasteiger partial charge in [0.15, 0.2) is 0 Å². The Bertz CT molecular complexity index is 851. The van der Waals surface area contributed by atoms with Crippen molar-refractivity contribution in [1.82, 2.24) is 20.2 Å². The number of hydrogen-bond acceptors (Lipinski definition) is 4. The van der Waals surface area contributed by atoms with Gasteiger partial charge in [0.25, 0.3) is 5.91 Å². The van der Waals surface area contributed by atoms with Gasteiger partial charge < -0.3 is 0 Å². The minimum Gasteiger partial charge on any atom is -0.285 e. The van der Waals surface area contributed by atoms with E-state index in [0.29, 0.717) is 11.4 Å². The lowest BCUT2D eigenvalue weighted by Crippen LogP contribution is -2.35. The molecule has 3 rings (SSSR count). The lowest BCUT2D eigenvalue weighted by Gasteiger charge is -2.10. The van der Waals surface area contributed by atoms with Crippen molar-refractivity contribution < 1.29 is 9.18 Å². The zero-order valence-electron chi connectivity index (χ0n) is 13.1. The molecule has 2 aromatic heterocycles. The van der Waals surface area contributed by atoms with Gasteiger partial charge in [0.05, 0.1) is 17.1 Å². The number of halogens is 1. The van der Waals surface area contributed by atoms with E-state index < -0.39 is 0 Å². The molecule has 1 amide bonds. The highest BCUT2D eigenvalue weighted by Crippen LogP contribution is 2.28. The van der Waals surface area contributed by atoms with Crippen LogP contribution in [0.15, 0.2) is 30.3 Å². The van der Waals surface area contributed by atoms with Crippen molar-refractivity contribution in [3.05, 3.63) is 52.3 Å². The lowest BCUT2D eigenvalue weighted by atomic mass is 10.2. The van der Waals surface area contributed by atoms with E-state index in [1.165, 1.54) is 23.5 Å². The summed E-state index contributed by atoms with van der Waals surface area (Å²) in [6.45, 7) is 2.46. The Morgan fingerprint density at radius 2 is 2.04 bits per heavy atom. The number of aryl methyl sites for hydroxylation is 1. The van der Waals surface area contributed by atoms with E-state index >= 15 is 0 Å². The van der Waals surface area contributed by atoms with Crippen LogP contribution in [0, 0.1) is 12.7 Å². The molecule has 5 nitrogen and oxygen atoms in total. The van der Waals surface area contributed by atoms with Gasteiger partial charge in [-0.2, -0.15) is 5.10 Å². The number of hydrogen-bond donors (Lipinski definition) is 1. The van der Waals surface area contributed by atoms with Crippen LogP contribution in [0.1, 0.15) is 20.9 Å². The van der Waals surface area contributed by atoms with Gasteiger partial charge in [-0.25, -0.2) is 9.40 Å². The Balaban J connectivity index is 1.93. The molecule has 0 aliphatic carbocycles. The molecule has 2 heterocycles. The molecule has 0 fully saturated rings. The maximum atomic E-state index is 13.0. The number of fused-ring (bicyclic) bond motifs is 1. The molecular weight excluding hydrogens is 315 g/mol. The second kappa shape index (κ2) is 6.10. The lowest BCUT2D eigenvalue weighted by molar-refractivity contribution is 0.0861. The van der Waals surface area contributed by atoms with Gasteiger partial charge in [-0.05, 0) is 30.7 Å². The van der Waals surface area contributed by atoms with Crippen LogP contribution in [0.25, 0.3) is 10.2 Å². The highest BCUT2D eigenvalue weighted by molar-refractivity contribution is 7.20. The van der Waals surface area contributed by atoms with E-state index in [1.807, 2.05) is 17.7 Å². The number of rotatable bonds is 4. The molecular formula is C16H17FN4OS. The number of nitrogens with zero attached hydrogens (tertiary/aromatic N) is 3. The van der Waals surface area contributed by atoms with Gasteiger partial charge in [-0.15, -0.1) is 11.3 Å². The first kappa shape index (κ1) is 15.6. The summed E-state index contributed by atoms with van der Waals surface area (Å²) in [5.74, 6) is -0.391. The monoisotopic (exact) mass is 332 g/mol. The number of amides is 1. The number of benzene rings is 1. The van der Waals surface area contributed by atoms with Gasteiger partial charge in [-0.3, -0.25) is 14.9 Å². The van der Waals surface area contributed by atoms with E-state index in [9.17, 15) is 9.18 Å². The Kier molecular flexibility index (Phi) is 4.14. The molecule has 0 saturated carbocycles. The molecule has 23 heavy (non-hydrogen) atoms. The van der Waals surface area contributed by atoms with Crippen LogP contribution in [0.2, 0.25) is 0 Å². The number of hydrazine groups is 1. The molecule has 0 saturated heterocycles. The normalized spacial score (nSPS) is 11.3. The fourth-order valence-corrected chi connectivity index (χ4v) is 3.40. The summed E-state index contributed by atoms with van der Waals surface area (Å²) in [5.41, 5.74) is 4.58. The van der Waals surface area contributed by atoms with E-state index in [1.54, 1.807) is 31.2 Å². The number of thiophene rings is 1. The molecule has 120 valence electrons. The molecule has 0 atom stereocenters. The van der Waals surface area contributed by atoms with Gasteiger partial charge in [-0.1, -0.05) is 12.1 Å². The predicted molar refractivity (Wildman–Crippen MR) is 89.0 cm³/mol. The van der Waals surface area contributed by atoms with Crippen molar-refractivity contribution in [3.8, 4) is 0 Å². The molecule has 0 radical (unpaired) electrons. The molecule has 0 unspecified atom stereocenters. The van der Waals surface area contributed by atoms with Crippen molar-refractivity contribution in [2.75, 3.05) is 14.1 Å². The van der Waals surface area contributed by atoms with Crippen molar-refractivity contribution >= 4 is 27.5 Å². The standard InChI is InChI=1S/C16H17FN4OS/c1-10-13-8-14(15(22)19-20(2)3)23-16(13)21(18-10)9-11-4-6-12(17)7-5-11/h4-8H,9H2,1-3H3,(H,19,22). The van der Waals surface area contributed by atoms with Crippen LogP contribution in [0.3, 0.4) is 0 Å². The van der Waals surface area contributed by atoms with Gasteiger partial charge in [0.2, 0.25) is 0 Å².